The first-order valence-corrected chi connectivity index (χ1v) is 6.47. The van der Waals surface area contributed by atoms with E-state index in [1.165, 1.54) is 11.3 Å². The van der Waals surface area contributed by atoms with Crippen LogP contribution in [0.25, 0.3) is 0 Å². The molecule has 17 heavy (non-hydrogen) atoms. The quantitative estimate of drug-likeness (QED) is 0.896. The molecule has 0 saturated carbocycles. The highest BCUT2D eigenvalue weighted by Crippen LogP contribution is 2.22. The smallest absolute Gasteiger partial charge is 0.261 e. The SMILES string of the molecule is C[C@H](NC(=O)c1ccc(Cl)s1)c1ccccc1. The molecular formula is C13H12ClNOS. The number of carbonyl (C=O) groups excluding carboxylic acids is 1. The van der Waals surface area contributed by atoms with Gasteiger partial charge in [-0.2, -0.15) is 0 Å². The van der Waals surface area contributed by atoms with Crippen molar-refractivity contribution in [2.75, 3.05) is 0 Å². The molecule has 1 amide bonds. The van der Waals surface area contributed by atoms with Crippen molar-refractivity contribution in [3.8, 4) is 0 Å². The zero-order chi connectivity index (χ0) is 12.3. The average molecular weight is 266 g/mol. The van der Waals surface area contributed by atoms with E-state index in [1.54, 1.807) is 12.1 Å². The Hall–Kier alpha value is -1.32. The molecule has 0 spiro atoms. The van der Waals surface area contributed by atoms with E-state index in [-0.39, 0.29) is 11.9 Å². The van der Waals surface area contributed by atoms with Crippen molar-refractivity contribution in [1.82, 2.24) is 5.32 Å². The van der Waals surface area contributed by atoms with E-state index in [1.807, 2.05) is 37.3 Å². The molecule has 88 valence electrons. The molecule has 0 bridgehead atoms. The Balaban J connectivity index is 2.04. The lowest BCUT2D eigenvalue weighted by atomic mass is 10.1. The van der Waals surface area contributed by atoms with Crippen LogP contribution >= 0.6 is 22.9 Å². The van der Waals surface area contributed by atoms with Crippen LogP contribution in [0.4, 0.5) is 0 Å². The highest BCUT2D eigenvalue weighted by Gasteiger charge is 2.12. The maximum atomic E-state index is 11.9. The van der Waals surface area contributed by atoms with Crippen LogP contribution in [0.1, 0.15) is 28.2 Å². The topological polar surface area (TPSA) is 29.1 Å². The zero-order valence-corrected chi connectivity index (χ0v) is 10.9. The molecule has 0 unspecified atom stereocenters. The molecule has 0 radical (unpaired) electrons. The number of carbonyl (C=O) groups is 1. The van der Waals surface area contributed by atoms with E-state index < -0.39 is 0 Å². The standard InChI is InChI=1S/C13H12ClNOS/c1-9(10-5-3-2-4-6-10)15-13(16)11-7-8-12(14)17-11/h2-9H,1H3,(H,15,16)/t9-/m0/s1. The molecular weight excluding hydrogens is 254 g/mol. The highest BCUT2D eigenvalue weighted by molar-refractivity contribution is 7.17. The molecule has 0 aliphatic heterocycles. The molecule has 2 rings (SSSR count). The van der Waals surface area contributed by atoms with Gasteiger partial charge >= 0.3 is 0 Å². The Morgan fingerprint density at radius 2 is 1.94 bits per heavy atom. The minimum absolute atomic E-state index is 0.00965. The van der Waals surface area contributed by atoms with Gasteiger partial charge in [-0.05, 0) is 24.6 Å². The maximum Gasteiger partial charge on any atom is 0.261 e. The number of hydrogen-bond acceptors (Lipinski definition) is 2. The first-order chi connectivity index (χ1) is 8.16. The first kappa shape index (κ1) is 12.1. The summed E-state index contributed by atoms with van der Waals surface area (Å²) in [5, 5.41) is 2.94. The van der Waals surface area contributed by atoms with Crippen molar-refractivity contribution in [1.29, 1.82) is 0 Å². The summed E-state index contributed by atoms with van der Waals surface area (Å²) in [5.74, 6) is -0.0850. The molecule has 1 N–H and O–H groups in total. The van der Waals surface area contributed by atoms with E-state index >= 15 is 0 Å². The van der Waals surface area contributed by atoms with E-state index in [0.717, 1.165) is 5.56 Å². The Bertz CT molecular complexity index is 509. The number of rotatable bonds is 3. The van der Waals surface area contributed by atoms with Crippen molar-refractivity contribution in [2.24, 2.45) is 0 Å². The highest BCUT2D eigenvalue weighted by atomic mass is 35.5. The van der Waals surface area contributed by atoms with Crippen LogP contribution in [-0.4, -0.2) is 5.91 Å². The molecule has 1 aromatic carbocycles. The fourth-order valence-corrected chi connectivity index (χ4v) is 2.48. The molecule has 0 saturated heterocycles. The molecule has 4 heteroatoms. The van der Waals surface area contributed by atoms with Gasteiger partial charge < -0.3 is 5.32 Å². The van der Waals surface area contributed by atoms with Gasteiger partial charge in [-0.1, -0.05) is 41.9 Å². The predicted molar refractivity (Wildman–Crippen MR) is 71.7 cm³/mol. The van der Waals surface area contributed by atoms with Crippen LogP contribution in [0.5, 0.6) is 0 Å². The van der Waals surface area contributed by atoms with Crippen LogP contribution in [0.15, 0.2) is 42.5 Å². The lowest BCUT2D eigenvalue weighted by Crippen LogP contribution is -2.25. The Morgan fingerprint density at radius 1 is 1.24 bits per heavy atom. The number of benzene rings is 1. The third kappa shape index (κ3) is 3.08. The maximum absolute atomic E-state index is 11.9. The van der Waals surface area contributed by atoms with Crippen molar-refractivity contribution >= 4 is 28.8 Å². The summed E-state index contributed by atoms with van der Waals surface area (Å²) in [6.45, 7) is 1.96. The fourth-order valence-electron chi connectivity index (χ4n) is 1.53. The Morgan fingerprint density at radius 3 is 2.53 bits per heavy atom. The molecule has 1 heterocycles. The number of nitrogens with one attached hydrogen (secondary N) is 1. The molecule has 0 aliphatic rings. The molecule has 0 fully saturated rings. The van der Waals surface area contributed by atoms with Gasteiger partial charge in [0.05, 0.1) is 15.3 Å². The zero-order valence-electron chi connectivity index (χ0n) is 9.31. The summed E-state index contributed by atoms with van der Waals surface area (Å²) in [5.41, 5.74) is 1.09. The second-order valence-electron chi connectivity index (χ2n) is 3.71. The van der Waals surface area contributed by atoms with Crippen LogP contribution in [-0.2, 0) is 0 Å². The molecule has 2 aromatic rings. The van der Waals surface area contributed by atoms with Gasteiger partial charge in [0, 0.05) is 0 Å². The Kier molecular flexibility index (Phi) is 3.82. The van der Waals surface area contributed by atoms with Gasteiger partial charge in [-0.15, -0.1) is 11.3 Å². The van der Waals surface area contributed by atoms with E-state index in [9.17, 15) is 4.79 Å². The van der Waals surface area contributed by atoms with Gasteiger partial charge in [0.15, 0.2) is 0 Å². The van der Waals surface area contributed by atoms with E-state index in [4.69, 9.17) is 11.6 Å². The summed E-state index contributed by atoms with van der Waals surface area (Å²) >= 11 is 7.08. The van der Waals surface area contributed by atoms with Gasteiger partial charge in [-0.3, -0.25) is 4.79 Å². The summed E-state index contributed by atoms with van der Waals surface area (Å²) in [7, 11) is 0. The van der Waals surface area contributed by atoms with Crippen LogP contribution in [0.2, 0.25) is 4.34 Å². The number of thiophene rings is 1. The third-order valence-corrected chi connectivity index (χ3v) is 3.67. The van der Waals surface area contributed by atoms with E-state index in [0.29, 0.717) is 9.21 Å². The third-order valence-electron chi connectivity index (χ3n) is 2.44. The second kappa shape index (κ2) is 5.34. The van der Waals surface area contributed by atoms with Gasteiger partial charge in [0.25, 0.3) is 5.91 Å². The molecule has 1 aromatic heterocycles. The lowest BCUT2D eigenvalue weighted by molar-refractivity contribution is 0.0944. The largest absolute Gasteiger partial charge is 0.345 e. The number of hydrogen-bond donors (Lipinski definition) is 1. The summed E-state index contributed by atoms with van der Waals surface area (Å²) < 4.78 is 0.627. The number of amides is 1. The van der Waals surface area contributed by atoms with Gasteiger partial charge in [0.1, 0.15) is 0 Å². The van der Waals surface area contributed by atoms with Crippen molar-refractivity contribution < 1.29 is 4.79 Å². The molecule has 1 atom stereocenters. The van der Waals surface area contributed by atoms with Gasteiger partial charge in [0.2, 0.25) is 0 Å². The second-order valence-corrected chi connectivity index (χ2v) is 5.42. The minimum atomic E-state index is -0.0850. The van der Waals surface area contributed by atoms with Crippen LogP contribution < -0.4 is 5.32 Å². The van der Waals surface area contributed by atoms with Gasteiger partial charge in [-0.25, -0.2) is 0 Å². The van der Waals surface area contributed by atoms with Crippen molar-refractivity contribution in [2.45, 2.75) is 13.0 Å². The number of halogens is 1. The van der Waals surface area contributed by atoms with Crippen LogP contribution in [0, 0.1) is 0 Å². The summed E-state index contributed by atoms with van der Waals surface area (Å²) in [6.07, 6.45) is 0. The Labute approximate surface area is 109 Å². The first-order valence-electron chi connectivity index (χ1n) is 5.28. The summed E-state index contributed by atoms with van der Waals surface area (Å²) in [6, 6.07) is 13.3. The minimum Gasteiger partial charge on any atom is -0.345 e. The summed E-state index contributed by atoms with van der Waals surface area (Å²) in [4.78, 5) is 12.5. The normalized spacial score (nSPS) is 12.1. The van der Waals surface area contributed by atoms with Crippen molar-refractivity contribution in [3.05, 3.63) is 57.2 Å². The average Bonchev–Trinajstić information content (AvgIpc) is 2.77. The monoisotopic (exact) mass is 265 g/mol. The fraction of sp³-hybridized carbons (Fsp3) is 0.154. The van der Waals surface area contributed by atoms with Crippen LogP contribution in [0.3, 0.4) is 0 Å². The predicted octanol–water partition coefficient (Wildman–Crippen LogP) is 3.89. The lowest BCUT2D eigenvalue weighted by Gasteiger charge is -2.13. The molecule has 2 nitrogen and oxygen atoms in total. The van der Waals surface area contributed by atoms with Crippen molar-refractivity contribution in [3.63, 3.8) is 0 Å². The van der Waals surface area contributed by atoms with E-state index in [2.05, 4.69) is 5.32 Å². The molecule has 0 aliphatic carbocycles.